The summed E-state index contributed by atoms with van der Waals surface area (Å²) in [6.07, 6.45) is 0.0380. The molecule has 0 aromatic heterocycles. The lowest BCUT2D eigenvalue weighted by atomic mass is 10.2. The number of rotatable bonds is 7. The van der Waals surface area contributed by atoms with E-state index in [0.29, 0.717) is 11.3 Å². The van der Waals surface area contributed by atoms with E-state index in [4.69, 9.17) is 5.73 Å². The Hall–Kier alpha value is -3.75. The van der Waals surface area contributed by atoms with Gasteiger partial charge in [-0.1, -0.05) is 0 Å². The smallest absolute Gasteiger partial charge is 0.269 e. The number of nitrogens with zero attached hydrogens (tertiary/aromatic N) is 1. The highest BCUT2D eigenvalue weighted by molar-refractivity contribution is 5.96. The van der Waals surface area contributed by atoms with Crippen LogP contribution in [0.4, 0.5) is 11.4 Å². The van der Waals surface area contributed by atoms with Crippen molar-refractivity contribution in [2.75, 3.05) is 11.9 Å². The Bertz CT molecular complexity index is 831. The molecule has 9 heteroatoms. The van der Waals surface area contributed by atoms with E-state index in [1.807, 2.05) is 0 Å². The maximum atomic E-state index is 11.9. The summed E-state index contributed by atoms with van der Waals surface area (Å²) in [5.74, 6) is -1.31. The highest BCUT2D eigenvalue weighted by Crippen LogP contribution is 2.12. The first-order chi connectivity index (χ1) is 12.4. The van der Waals surface area contributed by atoms with E-state index in [9.17, 15) is 24.5 Å². The van der Waals surface area contributed by atoms with Gasteiger partial charge in [0.1, 0.15) is 0 Å². The lowest BCUT2D eigenvalue weighted by Crippen LogP contribution is -2.27. The normalized spacial score (nSPS) is 10.0. The molecule has 2 aromatic rings. The fourth-order valence-electron chi connectivity index (χ4n) is 2.07. The van der Waals surface area contributed by atoms with Crippen molar-refractivity contribution < 1.29 is 19.3 Å². The van der Waals surface area contributed by atoms with Crippen molar-refractivity contribution in [2.45, 2.75) is 6.42 Å². The SMILES string of the molecule is NC(=O)c1ccc(NC(=O)CCNC(=O)c2ccc([N+](=O)[O-])cc2)cc1. The van der Waals surface area contributed by atoms with Gasteiger partial charge in [0.15, 0.2) is 0 Å². The van der Waals surface area contributed by atoms with Crippen LogP contribution in [0.2, 0.25) is 0 Å². The van der Waals surface area contributed by atoms with Crippen LogP contribution in [0.15, 0.2) is 48.5 Å². The second kappa shape index (κ2) is 8.38. The van der Waals surface area contributed by atoms with Crippen LogP contribution < -0.4 is 16.4 Å². The van der Waals surface area contributed by atoms with Crippen LogP contribution >= 0.6 is 0 Å². The Morgan fingerprint density at radius 2 is 1.54 bits per heavy atom. The number of non-ortho nitro benzene ring substituents is 1. The van der Waals surface area contributed by atoms with Crippen molar-refractivity contribution in [3.63, 3.8) is 0 Å². The predicted octanol–water partition coefficient (Wildman–Crippen LogP) is 1.45. The summed E-state index contributed by atoms with van der Waals surface area (Å²) in [6, 6.07) is 11.2. The van der Waals surface area contributed by atoms with Gasteiger partial charge in [-0.05, 0) is 36.4 Å². The number of nitro groups is 1. The van der Waals surface area contributed by atoms with Crippen molar-refractivity contribution in [3.8, 4) is 0 Å². The summed E-state index contributed by atoms with van der Waals surface area (Å²) in [6.45, 7) is 0.0982. The van der Waals surface area contributed by atoms with Crippen molar-refractivity contribution in [2.24, 2.45) is 5.73 Å². The number of nitrogens with one attached hydrogen (secondary N) is 2. The Labute approximate surface area is 148 Å². The number of hydrogen-bond donors (Lipinski definition) is 3. The number of carbonyl (C=O) groups is 3. The Balaban J connectivity index is 1.79. The molecular weight excluding hydrogens is 340 g/mol. The van der Waals surface area contributed by atoms with Crippen LogP contribution in [0.1, 0.15) is 27.1 Å². The molecule has 26 heavy (non-hydrogen) atoms. The summed E-state index contributed by atoms with van der Waals surface area (Å²) < 4.78 is 0. The molecule has 4 N–H and O–H groups in total. The summed E-state index contributed by atoms with van der Waals surface area (Å²) in [7, 11) is 0. The zero-order valence-corrected chi connectivity index (χ0v) is 13.6. The molecule has 0 spiro atoms. The van der Waals surface area contributed by atoms with Crippen LogP contribution in [0.3, 0.4) is 0 Å². The zero-order chi connectivity index (χ0) is 19.1. The Morgan fingerprint density at radius 1 is 0.962 bits per heavy atom. The summed E-state index contributed by atoms with van der Waals surface area (Å²) in [4.78, 5) is 44.7. The Morgan fingerprint density at radius 3 is 2.08 bits per heavy atom. The number of nitro benzene ring substituents is 1. The van der Waals surface area contributed by atoms with E-state index in [0.717, 1.165) is 0 Å². The first kappa shape index (κ1) is 18.6. The maximum absolute atomic E-state index is 11.9. The minimum atomic E-state index is -0.558. The first-order valence-corrected chi connectivity index (χ1v) is 7.59. The summed E-state index contributed by atoms with van der Waals surface area (Å²) >= 11 is 0. The lowest BCUT2D eigenvalue weighted by Gasteiger charge is -2.07. The summed E-state index contributed by atoms with van der Waals surface area (Å²) in [5.41, 5.74) is 6.12. The van der Waals surface area contributed by atoms with E-state index in [-0.39, 0.29) is 30.1 Å². The van der Waals surface area contributed by atoms with E-state index < -0.39 is 16.7 Å². The number of anilines is 1. The van der Waals surface area contributed by atoms with Gasteiger partial charge in [-0.2, -0.15) is 0 Å². The molecule has 9 nitrogen and oxygen atoms in total. The second-order valence-electron chi connectivity index (χ2n) is 5.30. The van der Waals surface area contributed by atoms with Gasteiger partial charge < -0.3 is 16.4 Å². The van der Waals surface area contributed by atoms with Gasteiger partial charge in [0.2, 0.25) is 11.8 Å². The molecule has 2 aromatic carbocycles. The van der Waals surface area contributed by atoms with E-state index in [1.165, 1.54) is 36.4 Å². The van der Waals surface area contributed by atoms with Crippen LogP contribution in [-0.2, 0) is 4.79 Å². The second-order valence-corrected chi connectivity index (χ2v) is 5.30. The number of benzene rings is 2. The van der Waals surface area contributed by atoms with Gasteiger partial charge in [-0.25, -0.2) is 0 Å². The first-order valence-electron chi connectivity index (χ1n) is 7.59. The molecule has 0 bridgehead atoms. The monoisotopic (exact) mass is 356 g/mol. The third-order valence-corrected chi connectivity index (χ3v) is 3.43. The molecule has 0 heterocycles. The van der Waals surface area contributed by atoms with E-state index in [1.54, 1.807) is 12.1 Å². The molecule has 2 rings (SSSR count). The van der Waals surface area contributed by atoms with Crippen molar-refractivity contribution in [3.05, 3.63) is 69.8 Å². The van der Waals surface area contributed by atoms with Gasteiger partial charge >= 0.3 is 0 Å². The third-order valence-electron chi connectivity index (χ3n) is 3.43. The topological polar surface area (TPSA) is 144 Å². The zero-order valence-electron chi connectivity index (χ0n) is 13.6. The highest BCUT2D eigenvalue weighted by atomic mass is 16.6. The molecule has 0 aliphatic heterocycles. The van der Waals surface area contributed by atoms with Crippen molar-refractivity contribution in [1.29, 1.82) is 0 Å². The van der Waals surface area contributed by atoms with Crippen LogP contribution in [0, 0.1) is 10.1 Å². The third kappa shape index (κ3) is 5.13. The van der Waals surface area contributed by atoms with Gasteiger partial charge in [-0.3, -0.25) is 24.5 Å². The van der Waals surface area contributed by atoms with Gasteiger partial charge in [0.05, 0.1) is 4.92 Å². The molecule has 134 valence electrons. The van der Waals surface area contributed by atoms with Crippen LogP contribution in [0.25, 0.3) is 0 Å². The molecule has 0 unspecified atom stereocenters. The molecular formula is C17H16N4O5. The molecule has 0 saturated carbocycles. The van der Waals surface area contributed by atoms with E-state index >= 15 is 0 Å². The molecule has 0 saturated heterocycles. The van der Waals surface area contributed by atoms with Crippen LogP contribution in [0.5, 0.6) is 0 Å². The quantitative estimate of drug-likeness (QED) is 0.508. The minimum Gasteiger partial charge on any atom is -0.366 e. The maximum Gasteiger partial charge on any atom is 0.269 e. The molecule has 3 amide bonds. The number of nitrogens with two attached hydrogens (primary N) is 1. The summed E-state index contributed by atoms with van der Waals surface area (Å²) in [5, 5.41) is 15.8. The standard InChI is InChI=1S/C17H16N4O5/c18-16(23)11-1-5-13(6-2-11)20-15(22)9-10-19-17(24)12-3-7-14(8-4-12)21(25)26/h1-8H,9-10H2,(H2,18,23)(H,19,24)(H,20,22). The molecule has 0 aliphatic rings. The van der Waals surface area contributed by atoms with Gasteiger partial charge in [-0.15, -0.1) is 0 Å². The predicted molar refractivity (Wildman–Crippen MR) is 93.6 cm³/mol. The van der Waals surface area contributed by atoms with Gasteiger partial charge in [0.25, 0.3) is 11.6 Å². The minimum absolute atomic E-state index is 0.0380. The van der Waals surface area contributed by atoms with Gasteiger partial charge in [0, 0.05) is 41.9 Å². The number of hydrogen-bond acceptors (Lipinski definition) is 5. The number of carbonyl (C=O) groups excluding carboxylic acids is 3. The van der Waals surface area contributed by atoms with Crippen molar-refractivity contribution >= 4 is 29.1 Å². The Kier molecular flexibility index (Phi) is 5.99. The van der Waals surface area contributed by atoms with E-state index in [2.05, 4.69) is 10.6 Å². The highest BCUT2D eigenvalue weighted by Gasteiger charge is 2.10. The number of primary amides is 1. The molecule has 0 aliphatic carbocycles. The molecule has 0 fully saturated rings. The lowest BCUT2D eigenvalue weighted by molar-refractivity contribution is -0.384. The van der Waals surface area contributed by atoms with Crippen molar-refractivity contribution in [1.82, 2.24) is 5.32 Å². The molecule has 0 atom stereocenters. The largest absolute Gasteiger partial charge is 0.366 e. The fourth-order valence-corrected chi connectivity index (χ4v) is 2.07. The number of amides is 3. The average Bonchev–Trinajstić information content (AvgIpc) is 2.62. The molecule has 0 radical (unpaired) electrons. The van der Waals surface area contributed by atoms with Crippen LogP contribution in [-0.4, -0.2) is 29.2 Å². The fraction of sp³-hybridized carbons (Fsp3) is 0.118. The average molecular weight is 356 g/mol.